The molecule has 0 bridgehead atoms. The highest BCUT2D eigenvalue weighted by Gasteiger charge is 2.33. The van der Waals surface area contributed by atoms with E-state index in [4.69, 9.17) is 4.42 Å². The van der Waals surface area contributed by atoms with Gasteiger partial charge in [0.2, 0.25) is 5.91 Å². The van der Waals surface area contributed by atoms with Gasteiger partial charge in [0.15, 0.2) is 5.76 Å². The van der Waals surface area contributed by atoms with Gasteiger partial charge in [0.1, 0.15) is 5.82 Å². The van der Waals surface area contributed by atoms with E-state index in [1.54, 1.807) is 29.2 Å². The van der Waals surface area contributed by atoms with E-state index in [9.17, 15) is 14.0 Å². The number of carbonyl (C=O) groups excluding carboxylic acids is 2. The first-order valence-corrected chi connectivity index (χ1v) is 10.2. The van der Waals surface area contributed by atoms with Crippen LogP contribution in [0.25, 0.3) is 0 Å². The maximum atomic E-state index is 13.9. The van der Waals surface area contributed by atoms with E-state index >= 15 is 0 Å². The molecule has 2 aromatic rings. The lowest BCUT2D eigenvalue weighted by Gasteiger charge is -2.39. The standard InChI is InChI=1S/C22H26FN3O3/c23-19-7-2-1-5-17(19)15-24-10-12-25(13-11-24)21(27)18-6-3-9-26(16-18)22(28)20-8-4-14-29-20/h1-2,4-5,7-8,14,18H,3,6,9-13,15-16H2. The summed E-state index contributed by atoms with van der Waals surface area (Å²) in [6.07, 6.45) is 3.10. The molecule has 29 heavy (non-hydrogen) atoms. The van der Waals surface area contributed by atoms with Crippen LogP contribution in [0, 0.1) is 11.7 Å². The van der Waals surface area contributed by atoms with Crippen molar-refractivity contribution >= 4 is 11.8 Å². The van der Waals surface area contributed by atoms with Gasteiger partial charge in [0, 0.05) is 51.4 Å². The predicted octanol–water partition coefficient (Wildman–Crippen LogP) is 2.62. The fourth-order valence-corrected chi connectivity index (χ4v) is 4.17. The third kappa shape index (κ3) is 4.50. The van der Waals surface area contributed by atoms with Gasteiger partial charge in [-0.25, -0.2) is 4.39 Å². The molecule has 2 aliphatic rings. The molecule has 6 nitrogen and oxygen atoms in total. The number of piperidine rings is 1. The van der Waals surface area contributed by atoms with E-state index in [2.05, 4.69) is 4.90 Å². The first kappa shape index (κ1) is 19.6. The van der Waals surface area contributed by atoms with Gasteiger partial charge in [-0.3, -0.25) is 14.5 Å². The summed E-state index contributed by atoms with van der Waals surface area (Å²) in [7, 11) is 0. The second-order valence-corrected chi connectivity index (χ2v) is 7.76. The van der Waals surface area contributed by atoms with Crippen LogP contribution in [0.2, 0.25) is 0 Å². The quantitative estimate of drug-likeness (QED) is 0.793. The largest absolute Gasteiger partial charge is 0.459 e. The Morgan fingerprint density at radius 1 is 1.00 bits per heavy atom. The first-order chi connectivity index (χ1) is 14.1. The van der Waals surface area contributed by atoms with E-state index in [-0.39, 0.29) is 23.5 Å². The Morgan fingerprint density at radius 2 is 1.79 bits per heavy atom. The number of hydrogen-bond acceptors (Lipinski definition) is 4. The van der Waals surface area contributed by atoms with Crippen molar-refractivity contribution in [3.8, 4) is 0 Å². The van der Waals surface area contributed by atoms with Crippen LogP contribution in [0.15, 0.2) is 47.1 Å². The minimum absolute atomic E-state index is 0.118. The molecule has 1 unspecified atom stereocenters. The number of piperazine rings is 1. The molecule has 1 atom stereocenters. The molecule has 3 heterocycles. The van der Waals surface area contributed by atoms with Crippen LogP contribution >= 0.6 is 0 Å². The van der Waals surface area contributed by atoms with Crippen LogP contribution in [-0.2, 0) is 11.3 Å². The van der Waals surface area contributed by atoms with Crippen molar-refractivity contribution in [1.82, 2.24) is 14.7 Å². The molecular weight excluding hydrogens is 373 g/mol. The maximum absolute atomic E-state index is 13.9. The average molecular weight is 399 g/mol. The predicted molar refractivity (Wildman–Crippen MR) is 106 cm³/mol. The summed E-state index contributed by atoms with van der Waals surface area (Å²) in [6, 6.07) is 10.2. The summed E-state index contributed by atoms with van der Waals surface area (Å²) in [5.41, 5.74) is 0.687. The molecule has 0 radical (unpaired) electrons. The van der Waals surface area contributed by atoms with Crippen molar-refractivity contribution in [2.45, 2.75) is 19.4 Å². The van der Waals surface area contributed by atoms with Crippen LogP contribution in [-0.4, -0.2) is 65.8 Å². The van der Waals surface area contributed by atoms with Crippen molar-refractivity contribution < 1.29 is 18.4 Å². The normalized spacial score (nSPS) is 20.7. The zero-order chi connectivity index (χ0) is 20.2. The van der Waals surface area contributed by atoms with Gasteiger partial charge in [-0.15, -0.1) is 0 Å². The lowest BCUT2D eigenvalue weighted by Crippen LogP contribution is -2.52. The lowest BCUT2D eigenvalue weighted by atomic mass is 9.96. The molecule has 1 aromatic carbocycles. The van der Waals surface area contributed by atoms with Gasteiger partial charge in [-0.1, -0.05) is 18.2 Å². The zero-order valence-electron chi connectivity index (χ0n) is 16.4. The van der Waals surface area contributed by atoms with E-state index < -0.39 is 0 Å². The number of carbonyl (C=O) groups is 2. The summed E-state index contributed by atoms with van der Waals surface area (Å²) in [5.74, 6) is -0.0649. The van der Waals surface area contributed by atoms with Crippen LogP contribution in [0.1, 0.15) is 29.0 Å². The molecule has 4 rings (SSSR count). The number of halogens is 1. The van der Waals surface area contributed by atoms with E-state index in [1.807, 2.05) is 11.0 Å². The highest BCUT2D eigenvalue weighted by Crippen LogP contribution is 2.22. The van der Waals surface area contributed by atoms with Crippen molar-refractivity contribution in [2.75, 3.05) is 39.3 Å². The molecule has 2 saturated heterocycles. The van der Waals surface area contributed by atoms with Gasteiger partial charge in [-0.05, 0) is 31.0 Å². The number of amides is 2. The highest BCUT2D eigenvalue weighted by atomic mass is 19.1. The number of benzene rings is 1. The van der Waals surface area contributed by atoms with E-state index in [0.717, 1.165) is 25.9 Å². The second-order valence-electron chi connectivity index (χ2n) is 7.76. The molecule has 0 N–H and O–H groups in total. The summed E-state index contributed by atoms with van der Waals surface area (Å²) in [5, 5.41) is 0. The van der Waals surface area contributed by atoms with Crippen LogP contribution < -0.4 is 0 Å². The fourth-order valence-electron chi connectivity index (χ4n) is 4.17. The number of nitrogens with zero attached hydrogens (tertiary/aromatic N) is 3. The van der Waals surface area contributed by atoms with Crippen molar-refractivity contribution in [3.63, 3.8) is 0 Å². The Kier molecular flexibility index (Phi) is 5.94. The minimum Gasteiger partial charge on any atom is -0.459 e. The summed E-state index contributed by atoms with van der Waals surface area (Å²) < 4.78 is 19.1. The van der Waals surface area contributed by atoms with Crippen molar-refractivity contribution in [3.05, 3.63) is 59.8 Å². The van der Waals surface area contributed by atoms with E-state index in [1.165, 1.54) is 12.3 Å². The molecule has 2 fully saturated rings. The zero-order valence-corrected chi connectivity index (χ0v) is 16.4. The Morgan fingerprint density at radius 3 is 2.52 bits per heavy atom. The Labute approximate surface area is 169 Å². The second kappa shape index (κ2) is 8.78. The van der Waals surface area contributed by atoms with Crippen molar-refractivity contribution in [2.24, 2.45) is 5.92 Å². The highest BCUT2D eigenvalue weighted by molar-refractivity contribution is 5.92. The summed E-state index contributed by atoms with van der Waals surface area (Å²) in [6.45, 7) is 4.37. The third-order valence-corrected chi connectivity index (χ3v) is 5.83. The molecule has 0 spiro atoms. The average Bonchev–Trinajstić information content (AvgIpc) is 3.30. The van der Waals surface area contributed by atoms with Gasteiger partial charge in [-0.2, -0.15) is 0 Å². The monoisotopic (exact) mass is 399 g/mol. The van der Waals surface area contributed by atoms with Crippen LogP contribution in [0.5, 0.6) is 0 Å². The molecule has 1 aromatic heterocycles. The number of furan rings is 1. The molecule has 154 valence electrons. The lowest BCUT2D eigenvalue weighted by molar-refractivity contribution is -0.138. The fraction of sp³-hybridized carbons (Fsp3) is 0.455. The molecule has 7 heteroatoms. The molecule has 0 saturated carbocycles. The van der Waals surface area contributed by atoms with Gasteiger partial charge < -0.3 is 14.2 Å². The summed E-state index contributed by atoms with van der Waals surface area (Å²) in [4.78, 5) is 31.3. The molecule has 2 aliphatic heterocycles. The van der Waals surface area contributed by atoms with Gasteiger partial charge in [0.05, 0.1) is 12.2 Å². The Balaban J connectivity index is 1.30. The molecule has 2 amide bonds. The van der Waals surface area contributed by atoms with Gasteiger partial charge in [0.25, 0.3) is 5.91 Å². The maximum Gasteiger partial charge on any atom is 0.289 e. The number of likely N-dealkylation sites (tertiary alicyclic amines) is 1. The molecule has 0 aliphatic carbocycles. The molecular formula is C22H26FN3O3. The smallest absolute Gasteiger partial charge is 0.289 e. The Bertz CT molecular complexity index is 847. The summed E-state index contributed by atoms with van der Waals surface area (Å²) >= 11 is 0. The SMILES string of the molecule is O=C(c1ccco1)N1CCCC(C(=O)N2CCN(Cc3ccccc3F)CC2)C1. The van der Waals surface area contributed by atoms with Gasteiger partial charge >= 0.3 is 0 Å². The minimum atomic E-state index is -0.186. The van der Waals surface area contributed by atoms with E-state index in [0.29, 0.717) is 44.0 Å². The topological polar surface area (TPSA) is 57.0 Å². The van der Waals surface area contributed by atoms with Crippen molar-refractivity contribution in [1.29, 1.82) is 0 Å². The number of hydrogen-bond donors (Lipinski definition) is 0. The number of rotatable bonds is 4. The third-order valence-electron chi connectivity index (χ3n) is 5.83. The first-order valence-electron chi connectivity index (χ1n) is 10.2. The van der Waals surface area contributed by atoms with Crippen LogP contribution in [0.4, 0.5) is 4.39 Å². The Hall–Kier alpha value is -2.67. The van der Waals surface area contributed by atoms with Crippen LogP contribution in [0.3, 0.4) is 0 Å².